The molecule has 4 heteroatoms. The molecule has 0 aromatic heterocycles. The zero-order chi connectivity index (χ0) is 16.3. The summed E-state index contributed by atoms with van der Waals surface area (Å²) in [6.07, 6.45) is 4.19. The second-order valence-corrected chi connectivity index (χ2v) is 6.66. The molecular formula is C19H27NO3. The van der Waals surface area contributed by atoms with Crippen molar-refractivity contribution in [1.82, 2.24) is 4.90 Å². The molecule has 2 heterocycles. The minimum Gasteiger partial charge on any atom is -0.378 e. The third-order valence-corrected chi connectivity index (χ3v) is 5.04. The molecule has 1 saturated heterocycles. The first-order chi connectivity index (χ1) is 11.1. The number of ether oxygens (including phenoxy) is 3. The van der Waals surface area contributed by atoms with Gasteiger partial charge in [0.1, 0.15) is 0 Å². The summed E-state index contributed by atoms with van der Waals surface area (Å²) in [6, 6.07) is 11.5. The lowest BCUT2D eigenvalue weighted by Crippen LogP contribution is -2.53. The van der Waals surface area contributed by atoms with Gasteiger partial charge in [0.05, 0.1) is 19.3 Å². The fraction of sp³-hybridized carbons (Fsp3) is 0.579. The molecule has 2 aliphatic heterocycles. The normalized spacial score (nSPS) is 25.3. The van der Waals surface area contributed by atoms with E-state index in [1.165, 1.54) is 11.1 Å². The summed E-state index contributed by atoms with van der Waals surface area (Å²) in [5, 5.41) is 0. The van der Waals surface area contributed by atoms with Crippen LogP contribution in [0, 0.1) is 0 Å². The number of rotatable bonds is 6. The van der Waals surface area contributed by atoms with Gasteiger partial charge in [-0.2, -0.15) is 0 Å². The van der Waals surface area contributed by atoms with Gasteiger partial charge in [-0.15, -0.1) is 0 Å². The van der Waals surface area contributed by atoms with E-state index in [1.807, 2.05) is 6.92 Å². The Morgan fingerprint density at radius 2 is 1.91 bits per heavy atom. The highest BCUT2D eigenvalue weighted by molar-refractivity contribution is 5.20. The number of methoxy groups -OCH3 is 2. The van der Waals surface area contributed by atoms with E-state index in [0.29, 0.717) is 12.1 Å². The number of benzene rings is 1. The summed E-state index contributed by atoms with van der Waals surface area (Å²) >= 11 is 0. The standard InChI is InChI=1S/C19H27NO3/c1-19(21-2,22-3)11-16-9-17-13-23-14-18(10-16)20(17)12-15-7-5-4-6-8-15/h4-9,17-18H,10-14H2,1-3H3. The summed E-state index contributed by atoms with van der Waals surface area (Å²) < 4.78 is 16.8. The maximum atomic E-state index is 5.79. The monoisotopic (exact) mass is 317 g/mol. The van der Waals surface area contributed by atoms with Crippen molar-refractivity contribution in [3.63, 3.8) is 0 Å². The van der Waals surface area contributed by atoms with Gasteiger partial charge < -0.3 is 14.2 Å². The van der Waals surface area contributed by atoms with Gasteiger partial charge in [0, 0.05) is 33.2 Å². The van der Waals surface area contributed by atoms with Crippen LogP contribution in [0.15, 0.2) is 42.0 Å². The summed E-state index contributed by atoms with van der Waals surface area (Å²) in [5.41, 5.74) is 2.78. The van der Waals surface area contributed by atoms with Crippen LogP contribution in [0.2, 0.25) is 0 Å². The number of nitrogens with zero attached hydrogens (tertiary/aromatic N) is 1. The molecule has 0 spiro atoms. The van der Waals surface area contributed by atoms with Crippen LogP contribution in [0.5, 0.6) is 0 Å². The molecule has 2 atom stereocenters. The molecule has 23 heavy (non-hydrogen) atoms. The molecule has 0 amide bonds. The Labute approximate surface area is 139 Å². The van der Waals surface area contributed by atoms with E-state index in [0.717, 1.165) is 32.6 Å². The molecular weight excluding hydrogens is 290 g/mol. The lowest BCUT2D eigenvalue weighted by molar-refractivity contribution is -0.192. The van der Waals surface area contributed by atoms with Gasteiger partial charge in [-0.3, -0.25) is 4.90 Å². The van der Waals surface area contributed by atoms with E-state index < -0.39 is 5.79 Å². The summed E-state index contributed by atoms with van der Waals surface area (Å²) in [4.78, 5) is 2.57. The summed E-state index contributed by atoms with van der Waals surface area (Å²) in [7, 11) is 3.41. The fourth-order valence-electron chi connectivity index (χ4n) is 3.56. The number of fused-ring (bicyclic) bond motifs is 2. The molecule has 0 saturated carbocycles. The SMILES string of the molecule is COC(C)(CC1=CC2COCC(C1)N2Cc1ccccc1)OC. The second kappa shape index (κ2) is 7.14. The van der Waals surface area contributed by atoms with Crippen LogP contribution in [0.3, 0.4) is 0 Å². The molecule has 0 radical (unpaired) electrons. The zero-order valence-corrected chi connectivity index (χ0v) is 14.3. The van der Waals surface area contributed by atoms with Crippen LogP contribution < -0.4 is 0 Å². The number of hydrogen-bond donors (Lipinski definition) is 0. The van der Waals surface area contributed by atoms with E-state index in [-0.39, 0.29) is 0 Å². The Kier molecular flexibility index (Phi) is 5.17. The predicted octanol–water partition coefficient (Wildman–Crippen LogP) is 2.99. The first-order valence-electron chi connectivity index (χ1n) is 8.31. The van der Waals surface area contributed by atoms with Crippen LogP contribution >= 0.6 is 0 Å². The number of morpholine rings is 1. The molecule has 3 rings (SSSR count). The molecule has 1 aromatic carbocycles. The van der Waals surface area contributed by atoms with Gasteiger partial charge in [0.25, 0.3) is 0 Å². The van der Waals surface area contributed by atoms with Gasteiger partial charge >= 0.3 is 0 Å². The Morgan fingerprint density at radius 3 is 2.57 bits per heavy atom. The largest absolute Gasteiger partial charge is 0.378 e. The molecule has 126 valence electrons. The topological polar surface area (TPSA) is 30.9 Å². The molecule has 2 bridgehead atoms. The van der Waals surface area contributed by atoms with E-state index in [4.69, 9.17) is 14.2 Å². The van der Waals surface area contributed by atoms with Gasteiger partial charge in [0.2, 0.25) is 0 Å². The van der Waals surface area contributed by atoms with Crippen molar-refractivity contribution in [2.45, 2.75) is 44.2 Å². The first-order valence-corrected chi connectivity index (χ1v) is 8.31. The zero-order valence-electron chi connectivity index (χ0n) is 14.3. The van der Waals surface area contributed by atoms with Crippen molar-refractivity contribution in [2.75, 3.05) is 27.4 Å². The molecule has 0 N–H and O–H groups in total. The molecule has 2 aliphatic rings. The van der Waals surface area contributed by atoms with Gasteiger partial charge in [-0.1, -0.05) is 42.0 Å². The van der Waals surface area contributed by atoms with Gasteiger partial charge in [-0.25, -0.2) is 0 Å². The van der Waals surface area contributed by atoms with Crippen molar-refractivity contribution in [2.24, 2.45) is 0 Å². The van der Waals surface area contributed by atoms with Crippen LogP contribution in [0.4, 0.5) is 0 Å². The molecule has 1 aromatic rings. The maximum absolute atomic E-state index is 5.79. The predicted molar refractivity (Wildman–Crippen MR) is 90.1 cm³/mol. The quantitative estimate of drug-likeness (QED) is 0.596. The highest BCUT2D eigenvalue weighted by atomic mass is 16.7. The van der Waals surface area contributed by atoms with Gasteiger partial charge in [-0.05, 0) is 18.9 Å². The summed E-state index contributed by atoms with van der Waals surface area (Å²) in [5.74, 6) is -0.539. The lowest BCUT2D eigenvalue weighted by atomic mass is 9.89. The fourth-order valence-corrected chi connectivity index (χ4v) is 3.56. The van der Waals surface area contributed by atoms with E-state index in [9.17, 15) is 0 Å². The third kappa shape index (κ3) is 3.83. The smallest absolute Gasteiger partial charge is 0.168 e. The lowest BCUT2D eigenvalue weighted by Gasteiger charge is -2.45. The van der Waals surface area contributed by atoms with Crippen LogP contribution in [0.25, 0.3) is 0 Å². The van der Waals surface area contributed by atoms with Crippen molar-refractivity contribution in [3.05, 3.63) is 47.5 Å². The van der Waals surface area contributed by atoms with Crippen molar-refractivity contribution in [3.8, 4) is 0 Å². The minimum atomic E-state index is -0.539. The van der Waals surface area contributed by atoms with Crippen LogP contribution in [-0.2, 0) is 20.8 Å². The Balaban J connectivity index is 1.74. The highest BCUT2D eigenvalue weighted by Gasteiger charge is 2.36. The third-order valence-electron chi connectivity index (χ3n) is 5.04. The number of hydrogen-bond acceptors (Lipinski definition) is 4. The Bertz CT molecular complexity index is 539. The first kappa shape index (κ1) is 16.7. The average molecular weight is 317 g/mol. The van der Waals surface area contributed by atoms with Crippen LogP contribution in [0.1, 0.15) is 25.3 Å². The minimum absolute atomic E-state index is 0.343. The van der Waals surface area contributed by atoms with Crippen molar-refractivity contribution in [1.29, 1.82) is 0 Å². The maximum Gasteiger partial charge on any atom is 0.168 e. The Morgan fingerprint density at radius 1 is 1.17 bits per heavy atom. The molecule has 0 aliphatic carbocycles. The summed E-state index contributed by atoms with van der Waals surface area (Å²) in [6.45, 7) is 4.55. The average Bonchev–Trinajstić information content (AvgIpc) is 2.56. The Hall–Kier alpha value is -1.20. The molecule has 4 nitrogen and oxygen atoms in total. The van der Waals surface area contributed by atoms with E-state index in [2.05, 4.69) is 41.3 Å². The molecule has 2 unspecified atom stereocenters. The molecule has 1 fully saturated rings. The second-order valence-electron chi connectivity index (χ2n) is 6.66. The van der Waals surface area contributed by atoms with Crippen LogP contribution in [-0.4, -0.2) is 50.2 Å². The van der Waals surface area contributed by atoms with E-state index >= 15 is 0 Å². The highest BCUT2D eigenvalue weighted by Crippen LogP contribution is 2.33. The van der Waals surface area contributed by atoms with Crippen molar-refractivity contribution >= 4 is 0 Å². The van der Waals surface area contributed by atoms with Gasteiger partial charge in [0.15, 0.2) is 5.79 Å². The van der Waals surface area contributed by atoms with E-state index in [1.54, 1.807) is 14.2 Å². The van der Waals surface area contributed by atoms with Crippen molar-refractivity contribution < 1.29 is 14.2 Å².